The SMILES string of the molecule is Cc1ccccc1Oc1ccc(CNC(=O)C2CCCCC2C(=O)O)cc1. The minimum Gasteiger partial charge on any atom is -0.481 e. The van der Waals surface area contributed by atoms with E-state index >= 15 is 0 Å². The molecule has 0 aliphatic heterocycles. The molecule has 3 rings (SSSR count). The van der Waals surface area contributed by atoms with E-state index in [9.17, 15) is 14.7 Å². The molecule has 1 fully saturated rings. The van der Waals surface area contributed by atoms with Crippen molar-refractivity contribution in [3.05, 3.63) is 59.7 Å². The number of carboxylic acid groups (broad SMARTS) is 1. The van der Waals surface area contributed by atoms with Crippen molar-refractivity contribution >= 4 is 11.9 Å². The van der Waals surface area contributed by atoms with Gasteiger partial charge in [-0.05, 0) is 49.1 Å². The van der Waals surface area contributed by atoms with Gasteiger partial charge in [0.05, 0.1) is 11.8 Å². The molecule has 2 N–H and O–H groups in total. The summed E-state index contributed by atoms with van der Waals surface area (Å²) in [6.07, 6.45) is 3.01. The average Bonchev–Trinajstić information content (AvgIpc) is 2.69. The van der Waals surface area contributed by atoms with E-state index in [2.05, 4.69) is 5.32 Å². The molecule has 0 radical (unpaired) electrons. The lowest BCUT2D eigenvalue weighted by atomic mass is 9.78. The summed E-state index contributed by atoms with van der Waals surface area (Å²) in [4.78, 5) is 23.8. The Labute approximate surface area is 159 Å². The van der Waals surface area contributed by atoms with Crippen LogP contribution in [0.4, 0.5) is 0 Å². The van der Waals surface area contributed by atoms with Crippen molar-refractivity contribution in [2.75, 3.05) is 0 Å². The summed E-state index contributed by atoms with van der Waals surface area (Å²) in [5.74, 6) is -0.480. The number of amides is 1. The van der Waals surface area contributed by atoms with Gasteiger partial charge in [-0.3, -0.25) is 9.59 Å². The zero-order chi connectivity index (χ0) is 19.2. The summed E-state index contributed by atoms with van der Waals surface area (Å²) in [7, 11) is 0. The second-order valence-electron chi connectivity index (χ2n) is 7.06. The van der Waals surface area contributed by atoms with Gasteiger partial charge in [-0.1, -0.05) is 43.2 Å². The van der Waals surface area contributed by atoms with Crippen molar-refractivity contribution in [1.82, 2.24) is 5.32 Å². The number of aryl methyl sites for hydroxylation is 1. The molecule has 2 aromatic rings. The van der Waals surface area contributed by atoms with Gasteiger partial charge in [-0.15, -0.1) is 0 Å². The largest absolute Gasteiger partial charge is 0.481 e. The van der Waals surface area contributed by atoms with Crippen LogP contribution in [0.25, 0.3) is 0 Å². The zero-order valence-corrected chi connectivity index (χ0v) is 15.5. The fraction of sp³-hybridized carbons (Fsp3) is 0.364. The van der Waals surface area contributed by atoms with Gasteiger partial charge in [0.2, 0.25) is 5.91 Å². The number of hydrogen-bond donors (Lipinski definition) is 2. The van der Waals surface area contributed by atoms with Gasteiger partial charge in [0.15, 0.2) is 0 Å². The van der Waals surface area contributed by atoms with Gasteiger partial charge in [0, 0.05) is 6.54 Å². The zero-order valence-electron chi connectivity index (χ0n) is 15.5. The number of benzene rings is 2. The molecule has 142 valence electrons. The number of carbonyl (C=O) groups excluding carboxylic acids is 1. The van der Waals surface area contributed by atoms with Crippen molar-refractivity contribution in [3.8, 4) is 11.5 Å². The summed E-state index contributed by atoms with van der Waals surface area (Å²) >= 11 is 0. The summed E-state index contributed by atoms with van der Waals surface area (Å²) < 4.78 is 5.87. The lowest BCUT2D eigenvalue weighted by Crippen LogP contribution is -2.39. The first-order valence-electron chi connectivity index (χ1n) is 9.37. The summed E-state index contributed by atoms with van der Waals surface area (Å²) in [5.41, 5.74) is 2.01. The molecular weight excluding hydrogens is 342 g/mol. The van der Waals surface area contributed by atoms with Crippen molar-refractivity contribution in [2.24, 2.45) is 11.8 Å². The van der Waals surface area contributed by atoms with Gasteiger partial charge in [0.1, 0.15) is 11.5 Å². The first-order valence-corrected chi connectivity index (χ1v) is 9.37. The molecule has 5 heteroatoms. The lowest BCUT2D eigenvalue weighted by Gasteiger charge is -2.27. The molecule has 0 aromatic heterocycles. The van der Waals surface area contributed by atoms with Crippen molar-refractivity contribution < 1.29 is 19.4 Å². The second-order valence-corrected chi connectivity index (χ2v) is 7.06. The molecule has 1 aliphatic carbocycles. The molecular formula is C22H25NO4. The lowest BCUT2D eigenvalue weighted by molar-refractivity contribution is -0.148. The quantitative estimate of drug-likeness (QED) is 0.798. The summed E-state index contributed by atoms with van der Waals surface area (Å²) in [6, 6.07) is 15.4. The molecule has 1 saturated carbocycles. The van der Waals surface area contributed by atoms with Crippen LogP contribution < -0.4 is 10.1 Å². The molecule has 2 aromatic carbocycles. The Morgan fingerprint density at radius 1 is 1.04 bits per heavy atom. The molecule has 27 heavy (non-hydrogen) atoms. The van der Waals surface area contributed by atoms with Crippen LogP contribution in [0.3, 0.4) is 0 Å². The van der Waals surface area contributed by atoms with Gasteiger partial charge in [-0.2, -0.15) is 0 Å². The van der Waals surface area contributed by atoms with Crippen LogP contribution in [0.1, 0.15) is 36.8 Å². The molecule has 2 unspecified atom stereocenters. The van der Waals surface area contributed by atoms with Crippen LogP contribution in [-0.4, -0.2) is 17.0 Å². The Hall–Kier alpha value is -2.82. The molecule has 2 atom stereocenters. The van der Waals surface area contributed by atoms with E-state index in [0.29, 0.717) is 19.4 Å². The third-order valence-electron chi connectivity index (χ3n) is 5.13. The third kappa shape index (κ3) is 4.88. The van der Waals surface area contributed by atoms with Crippen LogP contribution >= 0.6 is 0 Å². The second kappa shape index (κ2) is 8.71. The first-order chi connectivity index (χ1) is 13.0. The Balaban J connectivity index is 1.56. The van der Waals surface area contributed by atoms with E-state index in [1.807, 2.05) is 55.5 Å². The van der Waals surface area contributed by atoms with E-state index in [1.54, 1.807) is 0 Å². The highest BCUT2D eigenvalue weighted by molar-refractivity contribution is 5.84. The number of para-hydroxylation sites is 1. The Morgan fingerprint density at radius 3 is 2.37 bits per heavy atom. The number of nitrogens with one attached hydrogen (secondary N) is 1. The van der Waals surface area contributed by atoms with E-state index in [4.69, 9.17) is 4.74 Å². The predicted octanol–water partition coefficient (Wildman–Crippen LogP) is 4.29. The Bertz CT molecular complexity index is 800. The highest BCUT2D eigenvalue weighted by Crippen LogP contribution is 2.30. The predicted molar refractivity (Wildman–Crippen MR) is 103 cm³/mol. The van der Waals surface area contributed by atoms with E-state index < -0.39 is 17.8 Å². The monoisotopic (exact) mass is 367 g/mol. The topological polar surface area (TPSA) is 75.6 Å². The molecule has 0 saturated heterocycles. The Morgan fingerprint density at radius 2 is 1.70 bits per heavy atom. The fourth-order valence-corrected chi connectivity index (χ4v) is 3.53. The maximum atomic E-state index is 12.4. The molecule has 0 spiro atoms. The standard InChI is InChI=1S/C22H25NO4/c1-15-6-2-5-9-20(15)27-17-12-10-16(11-13-17)14-23-21(24)18-7-3-4-8-19(18)22(25)26/h2,5-6,9-13,18-19H,3-4,7-8,14H2,1H3,(H,23,24)(H,25,26). The van der Waals surface area contributed by atoms with Gasteiger partial charge in [-0.25, -0.2) is 0 Å². The van der Waals surface area contributed by atoms with Gasteiger partial charge < -0.3 is 15.2 Å². The minimum absolute atomic E-state index is 0.165. The number of aliphatic carboxylic acids is 1. The van der Waals surface area contributed by atoms with Crippen LogP contribution in [0, 0.1) is 18.8 Å². The van der Waals surface area contributed by atoms with Crippen LogP contribution in [0.5, 0.6) is 11.5 Å². The van der Waals surface area contributed by atoms with Crippen LogP contribution in [-0.2, 0) is 16.1 Å². The van der Waals surface area contributed by atoms with Crippen LogP contribution in [0.15, 0.2) is 48.5 Å². The smallest absolute Gasteiger partial charge is 0.307 e. The van der Waals surface area contributed by atoms with Gasteiger partial charge >= 0.3 is 5.97 Å². The fourth-order valence-electron chi connectivity index (χ4n) is 3.53. The molecule has 1 aliphatic rings. The number of ether oxygens (including phenoxy) is 1. The Kier molecular flexibility index (Phi) is 6.12. The number of carbonyl (C=O) groups is 2. The van der Waals surface area contributed by atoms with Gasteiger partial charge in [0.25, 0.3) is 0 Å². The van der Waals surface area contributed by atoms with E-state index in [1.165, 1.54) is 0 Å². The van der Waals surface area contributed by atoms with Crippen molar-refractivity contribution in [2.45, 2.75) is 39.2 Å². The minimum atomic E-state index is -0.868. The number of rotatable bonds is 6. The average molecular weight is 367 g/mol. The third-order valence-corrected chi connectivity index (χ3v) is 5.13. The number of carboxylic acids is 1. The van der Waals surface area contributed by atoms with Crippen LogP contribution in [0.2, 0.25) is 0 Å². The first kappa shape index (κ1) is 19.0. The van der Waals surface area contributed by atoms with Crippen molar-refractivity contribution in [3.63, 3.8) is 0 Å². The maximum absolute atomic E-state index is 12.4. The highest BCUT2D eigenvalue weighted by Gasteiger charge is 2.35. The summed E-state index contributed by atoms with van der Waals surface area (Å²) in [5, 5.41) is 12.2. The van der Waals surface area contributed by atoms with Crippen molar-refractivity contribution in [1.29, 1.82) is 0 Å². The highest BCUT2D eigenvalue weighted by atomic mass is 16.5. The molecule has 5 nitrogen and oxygen atoms in total. The van der Waals surface area contributed by atoms with E-state index in [0.717, 1.165) is 35.5 Å². The maximum Gasteiger partial charge on any atom is 0.307 e. The summed E-state index contributed by atoms with van der Waals surface area (Å²) in [6.45, 7) is 2.38. The van der Waals surface area contributed by atoms with E-state index in [-0.39, 0.29) is 5.91 Å². The normalized spacial score (nSPS) is 19.3. The molecule has 0 bridgehead atoms. The molecule has 0 heterocycles. The molecule has 1 amide bonds. The number of hydrogen-bond acceptors (Lipinski definition) is 3.